The molecule has 7 heteroatoms. The minimum atomic E-state index is -0.0103. The van der Waals surface area contributed by atoms with Crippen molar-refractivity contribution in [1.82, 2.24) is 19.7 Å². The number of carbonyl (C=O) groups is 2. The molecule has 0 saturated carbocycles. The summed E-state index contributed by atoms with van der Waals surface area (Å²) in [4.78, 5) is 41.6. The van der Waals surface area contributed by atoms with Crippen molar-refractivity contribution in [2.75, 3.05) is 39.3 Å². The van der Waals surface area contributed by atoms with Crippen LogP contribution in [0.1, 0.15) is 6.92 Å². The highest BCUT2D eigenvalue weighted by Gasteiger charge is 2.23. The van der Waals surface area contributed by atoms with Crippen molar-refractivity contribution < 1.29 is 9.59 Å². The molecule has 0 unspecified atom stereocenters. The molecule has 156 valence electrons. The van der Waals surface area contributed by atoms with E-state index in [-0.39, 0.29) is 23.8 Å². The van der Waals surface area contributed by atoms with Gasteiger partial charge < -0.3 is 14.8 Å². The second kappa shape index (κ2) is 8.67. The lowest BCUT2D eigenvalue weighted by molar-refractivity contribution is -0.133. The zero-order valence-corrected chi connectivity index (χ0v) is 17.1. The molecule has 1 saturated heterocycles. The number of pyridine rings is 1. The number of carbonyl (C=O) groups excluding carboxylic acids is 2. The predicted molar refractivity (Wildman–Crippen MR) is 117 cm³/mol. The van der Waals surface area contributed by atoms with E-state index in [2.05, 4.69) is 10.2 Å². The average molecular weight is 406 g/mol. The van der Waals surface area contributed by atoms with Gasteiger partial charge in [0, 0.05) is 43.5 Å². The maximum absolute atomic E-state index is 13.1. The lowest BCUT2D eigenvalue weighted by Crippen LogP contribution is -2.51. The Morgan fingerprint density at radius 2 is 1.43 bits per heavy atom. The van der Waals surface area contributed by atoms with Gasteiger partial charge in [0.15, 0.2) is 5.43 Å². The van der Waals surface area contributed by atoms with Crippen molar-refractivity contribution in [3.63, 3.8) is 0 Å². The molecular weight excluding hydrogens is 380 g/mol. The summed E-state index contributed by atoms with van der Waals surface area (Å²) in [5.74, 6) is 0.0371. The quantitative estimate of drug-likeness (QED) is 0.651. The molecule has 1 aromatic heterocycles. The van der Waals surface area contributed by atoms with Crippen LogP contribution in [-0.2, 0) is 16.1 Å². The first-order valence-electron chi connectivity index (χ1n) is 10.4. The van der Waals surface area contributed by atoms with E-state index in [1.54, 1.807) is 0 Å². The van der Waals surface area contributed by atoms with Gasteiger partial charge in [-0.25, -0.2) is 0 Å². The van der Waals surface area contributed by atoms with Crippen molar-refractivity contribution in [2.24, 2.45) is 0 Å². The van der Waals surface area contributed by atoms with E-state index in [4.69, 9.17) is 0 Å². The van der Waals surface area contributed by atoms with Gasteiger partial charge in [0.1, 0.15) is 6.54 Å². The van der Waals surface area contributed by atoms with Gasteiger partial charge in [0.2, 0.25) is 11.8 Å². The van der Waals surface area contributed by atoms with Gasteiger partial charge in [-0.3, -0.25) is 19.3 Å². The highest BCUT2D eigenvalue weighted by molar-refractivity contribution is 5.94. The van der Waals surface area contributed by atoms with Crippen molar-refractivity contribution in [2.45, 2.75) is 13.5 Å². The van der Waals surface area contributed by atoms with Crippen LogP contribution in [0.4, 0.5) is 0 Å². The molecule has 30 heavy (non-hydrogen) atoms. The summed E-state index contributed by atoms with van der Waals surface area (Å²) in [5.41, 5.74) is 1.53. The number of rotatable bonds is 5. The molecule has 3 aromatic rings. The number of nitrogens with zero attached hydrogens (tertiary/aromatic N) is 3. The number of benzene rings is 2. The van der Waals surface area contributed by atoms with Gasteiger partial charge in [-0.1, -0.05) is 24.3 Å². The lowest BCUT2D eigenvalue weighted by atomic mass is 10.1. The number of nitrogens with one attached hydrogen (secondary N) is 1. The maximum Gasteiger partial charge on any atom is 0.242 e. The monoisotopic (exact) mass is 406 g/mol. The molecule has 0 atom stereocenters. The van der Waals surface area contributed by atoms with Crippen LogP contribution >= 0.6 is 0 Å². The first kappa shape index (κ1) is 20.1. The Labute approximate surface area is 174 Å². The SMILES string of the molecule is CCNC(=O)CN1CCN(C(=O)Cn2c3ccccc3c(=O)c3ccccc32)CC1. The molecule has 4 rings (SSSR count). The van der Waals surface area contributed by atoms with Crippen LogP contribution in [0.25, 0.3) is 21.8 Å². The molecule has 0 radical (unpaired) electrons. The molecule has 7 nitrogen and oxygen atoms in total. The molecule has 0 bridgehead atoms. The van der Waals surface area contributed by atoms with Gasteiger partial charge in [0.05, 0.1) is 17.6 Å². The van der Waals surface area contributed by atoms with Crippen LogP contribution in [-0.4, -0.2) is 65.4 Å². The Balaban J connectivity index is 1.55. The summed E-state index contributed by atoms with van der Waals surface area (Å²) >= 11 is 0. The Morgan fingerprint density at radius 1 is 0.867 bits per heavy atom. The topological polar surface area (TPSA) is 74.7 Å². The standard InChI is InChI=1S/C23H26N4O3/c1-2-24-21(28)15-25-11-13-26(14-12-25)22(29)16-27-19-9-5-3-7-17(19)23(30)18-8-4-6-10-20(18)27/h3-10H,2,11-16H2,1H3,(H,24,28). The lowest BCUT2D eigenvalue weighted by Gasteiger charge is -2.34. The fourth-order valence-corrected chi connectivity index (χ4v) is 4.09. The predicted octanol–water partition coefficient (Wildman–Crippen LogP) is 1.44. The summed E-state index contributed by atoms with van der Waals surface area (Å²) in [5, 5.41) is 4.05. The average Bonchev–Trinajstić information content (AvgIpc) is 2.77. The molecule has 2 heterocycles. The van der Waals surface area contributed by atoms with Crippen LogP contribution in [0.3, 0.4) is 0 Å². The number of para-hydroxylation sites is 2. The van der Waals surface area contributed by atoms with Crippen molar-refractivity contribution in [3.8, 4) is 0 Å². The van der Waals surface area contributed by atoms with Gasteiger partial charge in [-0.15, -0.1) is 0 Å². The van der Waals surface area contributed by atoms with Gasteiger partial charge >= 0.3 is 0 Å². The van der Waals surface area contributed by atoms with Crippen molar-refractivity contribution in [1.29, 1.82) is 0 Å². The number of likely N-dealkylation sites (N-methyl/N-ethyl adjacent to an activating group) is 1. The third-order valence-corrected chi connectivity index (χ3v) is 5.64. The third-order valence-electron chi connectivity index (χ3n) is 5.64. The smallest absolute Gasteiger partial charge is 0.242 e. The van der Waals surface area contributed by atoms with Crippen LogP contribution in [0, 0.1) is 0 Å². The molecule has 2 aromatic carbocycles. The molecule has 1 fully saturated rings. The van der Waals surface area contributed by atoms with Gasteiger partial charge in [-0.05, 0) is 31.2 Å². The second-order valence-corrected chi connectivity index (χ2v) is 7.56. The molecule has 0 spiro atoms. The maximum atomic E-state index is 13.1. The van der Waals surface area contributed by atoms with Crippen LogP contribution in [0.5, 0.6) is 0 Å². The minimum Gasteiger partial charge on any atom is -0.355 e. The van der Waals surface area contributed by atoms with Crippen molar-refractivity contribution in [3.05, 3.63) is 58.8 Å². The molecule has 1 aliphatic heterocycles. The van der Waals surface area contributed by atoms with Gasteiger partial charge in [-0.2, -0.15) is 0 Å². The molecule has 1 N–H and O–H groups in total. The highest BCUT2D eigenvalue weighted by atomic mass is 16.2. The van der Waals surface area contributed by atoms with Crippen LogP contribution in [0.2, 0.25) is 0 Å². The summed E-state index contributed by atoms with van der Waals surface area (Å²) in [6.07, 6.45) is 0. The summed E-state index contributed by atoms with van der Waals surface area (Å²) < 4.78 is 1.94. The van der Waals surface area contributed by atoms with E-state index < -0.39 is 0 Å². The zero-order valence-electron chi connectivity index (χ0n) is 17.1. The first-order chi connectivity index (χ1) is 14.6. The third kappa shape index (κ3) is 3.93. The summed E-state index contributed by atoms with van der Waals surface area (Å²) in [6.45, 7) is 5.60. The van der Waals surface area contributed by atoms with Gasteiger partial charge in [0.25, 0.3) is 0 Å². The highest BCUT2D eigenvalue weighted by Crippen LogP contribution is 2.19. The molecule has 2 amide bonds. The van der Waals surface area contributed by atoms with E-state index in [0.29, 0.717) is 50.0 Å². The van der Waals surface area contributed by atoms with Crippen LogP contribution in [0.15, 0.2) is 53.3 Å². The van der Waals surface area contributed by atoms with E-state index in [1.165, 1.54) is 0 Å². The minimum absolute atomic E-state index is 0.0103. The molecule has 1 aliphatic rings. The zero-order chi connectivity index (χ0) is 21.1. The number of fused-ring (bicyclic) bond motifs is 2. The Hall–Kier alpha value is -3.19. The largest absolute Gasteiger partial charge is 0.355 e. The Kier molecular flexibility index (Phi) is 5.81. The van der Waals surface area contributed by atoms with E-state index in [1.807, 2.05) is 64.9 Å². The van der Waals surface area contributed by atoms with E-state index >= 15 is 0 Å². The summed E-state index contributed by atoms with van der Waals surface area (Å²) in [7, 11) is 0. The number of piperazine rings is 1. The Morgan fingerprint density at radius 3 is 2.00 bits per heavy atom. The van der Waals surface area contributed by atoms with Crippen molar-refractivity contribution >= 4 is 33.6 Å². The Bertz CT molecular complexity index is 1090. The fourth-order valence-electron chi connectivity index (χ4n) is 4.09. The molecular formula is C23H26N4O3. The van der Waals surface area contributed by atoms with E-state index in [0.717, 1.165) is 11.0 Å². The first-order valence-corrected chi connectivity index (χ1v) is 10.4. The van der Waals surface area contributed by atoms with E-state index in [9.17, 15) is 14.4 Å². The number of amides is 2. The summed E-state index contributed by atoms with van der Waals surface area (Å²) in [6, 6.07) is 14.9. The number of hydrogen-bond acceptors (Lipinski definition) is 4. The number of aromatic nitrogens is 1. The normalized spacial score (nSPS) is 14.9. The molecule has 0 aliphatic carbocycles. The van der Waals surface area contributed by atoms with Crippen LogP contribution < -0.4 is 10.7 Å². The fraction of sp³-hybridized carbons (Fsp3) is 0.348. The number of hydrogen-bond donors (Lipinski definition) is 1. The second-order valence-electron chi connectivity index (χ2n) is 7.56.